The Balaban J connectivity index is 1.80. The number of aliphatic carboxylic acids is 1. The lowest BCUT2D eigenvalue weighted by Gasteiger charge is -2.23. The minimum Gasteiger partial charge on any atom is -0.486 e. The summed E-state index contributed by atoms with van der Waals surface area (Å²) in [7, 11) is 0. The van der Waals surface area contributed by atoms with Gasteiger partial charge in [0, 0.05) is 12.1 Å². The molecule has 0 saturated carbocycles. The van der Waals surface area contributed by atoms with Crippen molar-refractivity contribution in [1.29, 1.82) is 0 Å². The first-order valence-corrected chi connectivity index (χ1v) is 10.6. The standard InChI is InChI=1S/C26H24F3NO4/c1-16-21(12-13-22(24(16)26(27,28)29)18-6-4-3-5-7-18)17(2)34-20-10-8-19(9-11-20)25(33)30-15-14-23(31)32/h3-13,17H,14-15H2,1-2H3,(H,30,33)(H,31,32). The molecule has 34 heavy (non-hydrogen) atoms. The van der Waals surface area contributed by atoms with Gasteiger partial charge in [-0.05, 0) is 60.4 Å². The van der Waals surface area contributed by atoms with Gasteiger partial charge in [0.05, 0.1) is 12.0 Å². The molecule has 0 saturated heterocycles. The van der Waals surface area contributed by atoms with Crippen LogP contribution in [0.15, 0.2) is 66.7 Å². The fourth-order valence-corrected chi connectivity index (χ4v) is 3.73. The fraction of sp³-hybridized carbons (Fsp3) is 0.231. The number of alkyl halides is 3. The number of carbonyl (C=O) groups excluding carboxylic acids is 1. The highest BCUT2D eigenvalue weighted by atomic mass is 19.4. The van der Waals surface area contributed by atoms with E-state index in [1.54, 1.807) is 55.5 Å². The van der Waals surface area contributed by atoms with Gasteiger partial charge in [-0.1, -0.05) is 42.5 Å². The number of ether oxygens (including phenoxy) is 1. The molecular weight excluding hydrogens is 447 g/mol. The number of nitrogens with one attached hydrogen (secondary N) is 1. The minimum absolute atomic E-state index is 0.00322. The monoisotopic (exact) mass is 471 g/mol. The van der Waals surface area contributed by atoms with Gasteiger partial charge in [-0.15, -0.1) is 0 Å². The summed E-state index contributed by atoms with van der Waals surface area (Å²) in [4.78, 5) is 22.6. The number of carboxylic acid groups (broad SMARTS) is 1. The maximum atomic E-state index is 14.0. The van der Waals surface area contributed by atoms with Crippen LogP contribution in [-0.2, 0) is 11.0 Å². The van der Waals surface area contributed by atoms with Crippen molar-refractivity contribution >= 4 is 11.9 Å². The molecule has 1 amide bonds. The van der Waals surface area contributed by atoms with Crippen LogP contribution in [0.4, 0.5) is 13.2 Å². The number of halogens is 3. The van der Waals surface area contributed by atoms with Crippen LogP contribution in [0.25, 0.3) is 11.1 Å². The van der Waals surface area contributed by atoms with E-state index >= 15 is 0 Å². The molecular formula is C26H24F3NO4. The van der Waals surface area contributed by atoms with Crippen LogP contribution in [0.5, 0.6) is 5.75 Å². The van der Waals surface area contributed by atoms with E-state index in [9.17, 15) is 22.8 Å². The summed E-state index contributed by atoms with van der Waals surface area (Å²) in [6.07, 6.45) is -5.41. The van der Waals surface area contributed by atoms with Gasteiger partial charge >= 0.3 is 12.1 Å². The molecule has 0 heterocycles. The maximum absolute atomic E-state index is 14.0. The topological polar surface area (TPSA) is 75.6 Å². The summed E-state index contributed by atoms with van der Waals surface area (Å²) in [6, 6.07) is 17.6. The molecule has 1 atom stereocenters. The average molecular weight is 471 g/mol. The molecule has 0 aliphatic rings. The molecule has 8 heteroatoms. The fourth-order valence-electron chi connectivity index (χ4n) is 3.73. The first-order valence-electron chi connectivity index (χ1n) is 10.6. The first kappa shape index (κ1) is 24.8. The molecule has 3 aromatic rings. The minimum atomic E-state index is -4.54. The van der Waals surface area contributed by atoms with Crippen LogP contribution in [0.3, 0.4) is 0 Å². The second-order valence-corrected chi connectivity index (χ2v) is 7.75. The summed E-state index contributed by atoms with van der Waals surface area (Å²) < 4.78 is 47.9. The summed E-state index contributed by atoms with van der Waals surface area (Å²) in [5, 5.41) is 11.1. The molecule has 0 aliphatic carbocycles. The van der Waals surface area contributed by atoms with Crippen molar-refractivity contribution in [2.45, 2.75) is 32.5 Å². The molecule has 3 rings (SSSR count). The zero-order valence-electron chi connectivity index (χ0n) is 18.6. The van der Waals surface area contributed by atoms with E-state index in [2.05, 4.69) is 5.32 Å². The highest BCUT2D eigenvalue weighted by Crippen LogP contribution is 2.42. The van der Waals surface area contributed by atoms with Gasteiger partial charge in [-0.25, -0.2) is 0 Å². The molecule has 0 aliphatic heterocycles. The number of amides is 1. The van der Waals surface area contributed by atoms with Crippen molar-refractivity contribution in [3.63, 3.8) is 0 Å². The second kappa shape index (κ2) is 10.4. The van der Waals surface area contributed by atoms with Crippen molar-refractivity contribution in [3.8, 4) is 16.9 Å². The van der Waals surface area contributed by atoms with Gasteiger partial charge in [0.25, 0.3) is 5.91 Å². The lowest BCUT2D eigenvalue weighted by Crippen LogP contribution is -2.25. The third-order valence-corrected chi connectivity index (χ3v) is 5.37. The van der Waals surface area contributed by atoms with Crippen LogP contribution in [0.2, 0.25) is 0 Å². The molecule has 0 radical (unpaired) electrons. The third-order valence-electron chi connectivity index (χ3n) is 5.37. The zero-order valence-corrected chi connectivity index (χ0v) is 18.6. The van der Waals surface area contributed by atoms with Crippen LogP contribution in [0, 0.1) is 6.92 Å². The maximum Gasteiger partial charge on any atom is 0.417 e. The largest absolute Gasteiger partial charge is 0.486 e. The summed E-state index contributed by atoms with van der Waals surface area (Å²) in [5.74, 6) is -1.06. The summed E-state index contributed by atoms with van der Waals surface area (Å²) in [6.45, 7) is 3.11. The number of rotatable bonds is 8. The van der Waals surface area contributed by atoms with Crippen molar-refractivity contribution in [3.05, 3.63) is 89.0 Å². The van der Waals surface area contributed by atoms with E-state index in [0.29, 0.717) is 22.4 Å². The van der Waals surface area contributed by atoms with Gasteiger partial charge in [-0.2, -0.15) is 13.2 Å². The zero-order chi connectivity index (χ0) is 24.9. The highest BCUT2D eigenvalue weighted by molar-refractivity contribution is 5.94. The van der Waals surface area contributed by atoms with Crippen LogP contribution < -0.4 is 10.1 Å². The van der Waals surface area contributed by atoms with E-state index in [-0.39, 0.29) is 24.1 Å². The number of hydrogen-bond acceptors (Lipinski definition) is 3. The van der Waals surface area contributed by atoms with E-state index in [4.69, 9.17) is 9.84 Å². The molecule has 0 spiro atoms. The predicted octanol–water partition coefficient (Wildman–Crippen LogP) is 6.03. The number of carboxylic acids is 1. The molecule has 178 valence electrons. The molecule has 0 bridgehead atoms. The summed E-state index contributed by atoms with van der Waals surface area (Å²) >= 11 is 0. The highest BCUT2D eigenvalue weighted by Gasteiger charge is 2.37. The van der Waals surface area contributed by atoms with Crippen LogP contribution in [0.1, 0.15) is 46.5 Å². The first-order chi connectivity index (χ1) is 16.1. The normalized spacial score (nSPS) is 12.1. The molecule has 5 nitrogen and oxygen atoms in total. The van der Waals surface area contributed by atoms with Crippen molar-refractivity contribution < 1.29 is 32.6 Å². The van der Waals surface area contributed by atoms with Crippen molar-refractivity contribution in [1.82, 2.24) is 5.32 Å². The van der Waals surface area contributed by atoms with E-state index < -0.39 is 29.7 Å². The lowest BCUT2D eigenvalue weighted by molar-refractivity contribution is -0.138. The van der Waals surface area contributed by atoms with Crippen LogP contribution >= 0.6 is 0 Å². The van der Waals surface area contributed by atoms with Gasteiger partial charge in [0.15, 0.2) is 0 Å². The molecule has 0 aromatic heterocycles. The van der Waals surface area contributed by atoms with E-state index in [0.717, 1.165) is 0 Å². The Hall–Kier alpha value is -3.81. The van der Waals surface area contributed by atoms with Gasteiger partial charge in [0.1, 0.15) is 11.9 Å². The molecule has 0 fully saturated rings. The second-order valence-electron chi connectivity index (χ2n) is 7.75. The molecule has 1 unspecified atom stereocenters. The number of carbonyl (C=O) groups is 2. The van der Waals surface area contributed by atoms with E-state index in [1.165, 1.54) is 25.1 Å². The van der Waals surface area contributed by atoms with Gasteiger partial charge < -0.3 is 15.2 Å². The SMILES string of the molecule is Cc1c(C(C)Oc2ccc(C(=O)NCCC(=O)O)cc2)ccc(-c2ccccc2)c1C(F)(F)F. The molecule has 3 aromatic carbocycles. The van der Waals surface area contributed by atoms with Crippen LogP contribution in [-0.4, -0.2) is 23.5 Å². The van der Waals surface area contributed by atoms with Gasteiger partial charge in [0.2, 0.25) is 0 Å². The quantitative estimate of drug-likeness (QED) is 0.421. The predicted molar refractivity (Wildman–Crippen MR) is 122 cm³/mol. The van der Waals surface area contributed by atoms with Crippen molar-refractivity contribution in [2.24, 2.45) is 0 Å². The molecule has 2 N–H and O–H groups in total. The Kier molecular flexibility index (Phi) is 7.61. The summed E-state index contributed by atoms with van der Waals surface area (Å²) in [5.41, 5.74) is 0.710. The Labute approximate surface area is 195 Å². The number of hydrogen-bond donors (Lipinski definition) is 2. The Bertz CT molecular complexity index is 1160. The third kappa shape index (κ3) is 5.95. The Morgan fingerprint density at radius 1 is 1.00 bits per heavy atom. The lowest BCUT2D eigenvalue weighted by atomic mass is 9.90. The van der Waals surface area contributed by atoms with E-state index in [1.807, 2.05) is 0 Å². The number of benzene rings is 3. The Morgan fingerprint density at radius 3 is 2.24 bits per heavy atom. The van der Waals surface area contributed by atoms with Gasteiger partial charge in [-0.3, -0.25) is 9.59 Å². The Morgan fingerprint density at radius 2 is 1.65 bits per heavy atom. The van der Waals surface area contributed by atoms with Crippen molar-refractivity contribution in [2.75, 3.05) is 6.54 Å². The average Bonchev–Trinajstić information content (AvgIpc) is 2.78. The smallest absolute Gasteiger partial charge is 0.417 e.